The molecule has 4 nitrogen and oxygen atoms in total. The fraction of sp³-hybridized carbons (Fsp3) is 0. The average molecular weight is 247 g/mol. The zero-order chi connectivity index (χ0) is 12.4. The van der Waals surface area contributed by atoms with Gasteiger partial charge in [0.1, 0.15) is 11.8 Å². The normalized spacial score (nSPS) is 9.88. The second-order valence-corrected chi connectivity index (χ2v) is 3.76. The molecule has 1 heterocycles. The van der Waals surface area contributed by atoms with E-state index in [1.54, 1.807) is 24.4 Å². The second kappa shape index (κ2) is 4.32. The molecule has 0 amide bonds. The topological polar surface area (TPSA) is 76.9 Å². The molecule has 1 aromatic heterocycles. The van der Waals surface area contributed by atoms with Crippen LogP contribution in [0.4, 0.5) is 0 Å². The summed E-state index contributed by atoms with van der Waals surface area (Å²) >= 11 is 6.01. The van der Waals surface area contributed by atoms with Gasteiger partial charge < -0.3 is 10.1 Å². The Morgan fingerprint density at radius 3 is 2.82 bits per heavy atom. The van der Waals surface area contributed by atoms with Crippen LogP contribution in [0.5, 0.6) is 0 Å². The van der Waals surface area contributed by atoms with E-state index in [1.165, 1.54) is 6.07 Å². The smallest absolute Gasteiger partial charge is 0.337 e. The number of hydrogen-bond acceptors (Lipinski definition) is 2. The molecule has 1 aromatic carbocycles. The number of aromatic nitrogens is 1. The maximum absolute atomic E-state index is 10.9. The summed E-state index contributed by atoms with van der Waals surface area (Å²) in [4.78, 5) is 13.7. The van der Waals surface area contributed by atoms with Crippen LogP contribution in [0.2, 0.25) is 5.02 Å². The quantitative estimate of drug-likeness (QED) is 0.855. The summed E-state index contributed by atoms with van der Waals surface area (Å²) in [5.74, 6) is -1.08. The van der Waals surface area contributed by atoms with Gasteiger partial charge >= 0.3 is 5.97 Å². The van der Waals surface area contributed by atoms with Crippen LogP contribution in [0.1, 0.15) is 16.1 Å². The second-order valence-electron chi connectivity index (χ2n) is 3.39. The molecule has 0 radical (unpaired) electrons. The van der Waals surface area contributed by atoms with E-state index in [4.69, 9.17) is 22.0 Å². The molecule has 0 saturated carbocycles. The lowest BCUT2D eigenvalue weighted by molar-refractivity contribution is 0.0697. The van der Waals surface area contributed by atoms with Crippen molar-refractivity contribution < 1.29 is 9.90 Å². The lowest BCUT2D eigenvalue weighted by Crippen LogP contribution is -1.97. The largest absolute Gasteiger partial charge is 0.478 e. The number of aromatic amines is 1. The zero-order valence-electron chi connectivity index (χ0n) is 8.57. The number of nitriles is 1. The average Bonchev–Trinajstić information content (AvgIpc) is 2.77. The molecule has 84 valence electrons. The van der Waals surface area contributed by atoms with Gasteiger partial charge in [-0.3, -0.25) is 0 Å². The molecule has 0 aliphatic rings. The van der Waals surface area contributed by atoms with Gasteiger partial charge in [-0.15, -0.1) is 0 Å². The highest BCUT2D eigenvalue weighted by Gasteiger charge is 2.13. The molecule has 0 spiro atoms. The van der Waals surface area contributed by atoms with Crippen LogP contribution in [-0.4, -0.2) is 16.1 Å². The Morgan fingerprint density at radius 2 is 2.24 bits per heavy atom. The number of hydrogen-bond donors (Lipinski definition) is 2. The van der Waals surface area contributed by atoms with Crippen LogP contribution in [-0.2, 0) is 0 Å². The summed E-state index contributed by atoms with van der Waals surface area (Å²) in [6.45, 7) is 0. The third-order valence-electron chi connectivity index (χ3n) is 2.34. The van der Waals surface area contributed by atoms with E-state index in [0.29, 0.717) is 16.8 Å². The summed E-state index contributed by atoms with van der Waals surface area (Å²) in [6.07, 6.45) is 1.62. The number of carbonyl (C=O) groups is 1. The molecule has 0 aliphatic heterocycles. The number of carboxylic acids is 1. The maximum atomic E-state index is 10.9. The van der Waals surface area contributed by atoms with Crippen molar-refractivity contribution in [3.8, 4) is 17.2 Å². The maximum Gasteiger partial charge on any atom is 0.337 e. The molecule has 2 N–H and O–H groups in total. The van der Waals surface area contributed by atoms with Gasteiger partial charge in [-0.25, -0.2) is 4.79 Å². The Balaban J connectivity index is 2.57. The molecule has 0 fully saturated rings. The first-order chi connectivity index (χ1) is 8.13. The molecule has 2 rings (SSSR count). The number of nitrogens with zero attached hydrogens (tertiary/aromatic N) is 1. The van der Waals surface area contributed by atoms with Gasteiger partial charge in [0.05, 0.1) is 10.6 Å². The van der Waals surface area contributed by atoms with Crippen LogP contribution in [0.15, 0.2) is 30.5 Å². The summed E-state index contributed by atoms with van der Waals surface area (Å²) in [5.41, 5.74) is 1.72. The van der Waals surface area contributed by atoms with E-state index in [2.05, 4.69) is 4.98 Å². The predicted octanol–water partition coefficient (Wildman–Crippen LogP) is 2.90. The summed E-state index contributed by atoms with van der Waals surface area (Å²) < 4.78 is 0. The summed E-state index contributed by atoms with van der Waals surface area (Å²) in [7, 11) is 0. The molecule has 0 bridgehead atoms. The highest BCUT2D eigenvalue weighted by molar-refractivity contribution is 6.36. The summed E-state index contributed by atoms with van der Waals surface area (Å²) in [5, 5.41) is 17.8. The lowest BCUT2D eigenvalue weighted by Gasteiger charge is -2.04. The molecular formula is C12H7ClN2O2. The molecule has 2 aromatic rings. The Bertz CT molecular complexity index is 626. The fourth-order valence-corrected chi connectivity index (χ4v) is 1.85. The minimum Gasteiger partial charge on any atom is -0.478 e. The lowest BCUT2D eigenvalue weighted by atomic mass is 10.1. The molecule has 0 saturated heterocycles. The molecule has 0 aliphatic carbocycles. The van der Waals surface area contributed by atoms with Crippen LogP contribution in [0.3, 0.4) is 0 Å². The first-order valence-electron chi connectivity index (χ1n) is 4.74. The van der Waals surface area contributed by atoms with Crippen molar-refractivity contribution in [3.63, 3.8) is 0 Å². The van der Waals surface area contributed by atoms with Crippen LogP contribution in [0, 0.1) is 11.3 Å². The van der Waals surface area contributed by atoms with Crippen molar-refractivity contribution in [2.45, 2.75) is 0 Å². The Morgan fingerprint density at radius 1 is 1.47 bits per heavy atom. The Labute approximate surface area is 102 Å². The van der Waals surface area contributed by atoms with Crippen LogP contribution in [0.25, 0.3) is 11.1 Å². The van der Waals surface area contributed by atoms with Crippen molar-refractivity contribution in [2.75, 3.05) is 0 Å². The number of halogens is 1. The van der Waals surface area contributed by atoms with Gasteiger partial charge in [0.15, 0.2) is 0 Å². The third kappa shape index (κ3) is 2.01. The number of carboxylic acid groups (broad SMARTS) is 1. The van der Waals surface area contributed by atoms with Gasteiger partial charge in [0.2, 0.25) is 0 Å². The van der Waals surface area contributed by atoms with Gasteiger partial charge in [-0.1, -0.05) is 23.7 Å². The van der Waals surface area contributed by atoms with Crippen molar-refractivity contribution >= 4 is 17.6 Å². The SMILES string of the molecule is N#Cc1cc(-c2cccc(C(=O)O)c2Cl)c[nH]1. The number of benzene rings is 1. The van der Waals surface area contributed by atoms with Gasteiger partial charge in [0, 0.05) is 17.3 Å². The first-order valence-corrected chi connectivity index (χ1v) is 5.12. The number of H-pyrrole nitrogens is 1. The van der Waals surface area contributed by atoms with Crippen molar-refractivity contribution in [1.29, 1.82) is 5.26 Å². The molecule has 0 unspecified atom stereocenters. The number of aromatic carboxylic acids is 1. The van der Waals surface area contributed by atoms with Gasteiger partial charge in [0.25, 0.3) is 0 Å². The number of nitrogens with one attached hydrogen (secondary N) is 1. The van der Waals surface area contributed by atoms with E-state index in [1.807, 2.05) is 6.07 Å². The molecule has 5 heteroatoms. The fourth-order valence-electron chi connectivity index (χ4n) is 1.53. The van der Waals surface area contributed by atoms with E-state index >= 15 is 0 Å². The van der Waals surface area contributed by atoms with Crippen molar-refractivity contribution in [2.24, 2.45) is 0 Å². The van der Waals surface area contributed by atoms with Gasteiger partial charge in [-0.05, 0) is 12.1 Å². The van der Waals surface area contributed by atoms with Crippen molar-refractivity contribution in [3.05, 3.63) is 46.7 Å². The predicted molar refractivity (Wildman–Crippen MR) is 62.9 cm³/mol. The Kier molecular flexibility index (Phi) is 2.86. The van der Waals surface area contributed by atoms with Crippen molar-refractivity contribution in [1.82, 2.24) is 4.98 Å². The van der Waals surface area contributed by atoms with E-state index in [-0.39, 0.29) is 10.6 Å². The Hall–Kier alpha value is -2.25. The molecular weight excluding hydrogens is 240 g/mol. The minimum absolute atomic E-state index is 0.0453. The van der Waals surface area contributed by atoms with E-state index in [9.17, 15) is 4.79 Å². The first kappa shape index (κ1) is 11.2. The molecule has 0 atom stereocenters. The highest BCUT2D eigenvalue weighted by atomic mass is 35.5. The highest BCUT2D eigenvalue weighted by Crippen LogP contribution is 2.31. The zero-order valence-corrected chi connectivity index (χ0v) is 9.32. The van der Waals surface area contributed by atoms with Crippen LogP contribution < -0.4 is 0 Å². The standard InChI is InChI=1S/C12H7ClN2O2/c13-11-9(2-1-3-10(11)12(16)17)7-4-8(5-14)15-6-7/h1-4,6,15H,(H,16,17). The van der Waals surface area contributed by atoms with E-state index in [0.717, 1.165) is 0 Å². The number of rotatable bonds is 2. The van der Waals surface area contributed by atoms with Gasteiger partial charge in [-0.2, -0.15) is 5.26 Å². The monoisotopic (exact) mass is 246 g/mol. The van der Waals surface area contributed by atoms with Crippen LogP contribution >= 0.6 is 11.6 Å². The minimum atomic E-state index is -1.08. The third-order valence-corrected chi connectivity index (χ3v) is 2.75. The van der Waals surface area contributed by atoms with E-state index < -0.39 is 5.97 Å². The molecule has 17 heavy (non-hydrogen) atoms. The summed E-state index contributed by atoms with van der Waals surface area (Å²) in [6, 6.07) is 8.34.